The molecule has 0 aliphatic carbocycles. The molecule has 0 spiro atoms. The zero-order chi connectivity index (χ0) is 24.5. The van der Waals surface area contributed by atoms with Gasteiger partial charge in [0.2, 0.25) is 23.5 Å². The Morgan fingerprint density at radius 2 is 1.74 bits per heavy atom. The molecular formula is C27H31N5O3. The van der Waals surface area contributed by atoms with Crippen molar-refractivity contribution in [2.45, 2.75) is 33.2 Å². The van der Waals surface area contributed by atoms with Gasteiger partial charge in [-0.3, -0.25) is 14.5 Å². The molecular weight excluding hydrogens is 442 g/mol. The van der Waals surface area contributed by atoms with Crippen molar-refractivity contribution in [1.82, 2.24) is 19.9 Å². The molecule has 2 unspecified atom stereocenters. The Balaban J connectivity index is 1.18. The van der Waals surface area contributed by atoms with Gasteiger partial charge < -0.3 is 14.3 Å². The second kappa shape index (κ2) is 9.62. The van der Waals surface area contributed by atoms with Gasteiger partial charge in [-0.15, -0.1) is 0 Å². The standard InChI is InChI=1S/C27H31N5O3/c1-18-9-10-22(17-19(18)2)32-12-11-23(27(32)34)26(33)31-15-13-30(14-16-31)20(3)25-28-24(29-35-25)21-7-5-4-6-8-21/h4-10,17,20,23H,11-16H2,1-3H3. The first-order valence-corrected chi connectivity index (χ1v) is 12.2. The van der Waals surface area contributed by atoms with E-state index >= 15 is 0 Å². The Kier molecular flexibility index (Phi) is 6.38. The number of hydrogen-bond donors (Lipinski definition) is 0. The quantitative estimate of drug-likeness (QED) is 0.527. The van der Waals surface area contributed by atoms with E-state index in [-0.39, 0.29) is 17.9 Å². The first-order chi connectivity index (χ1) is 16.9. The van der Waals surface area contributed by atoms with Crippen LogP contribution in [0, 0.1) is 19.8 Å². The Morgan fingerprint density at radius 1 is 1.00 bits per heavy atom. The van der Waals surface area contributed by atoms with Crippen LogP contribution in [-0.4, -0.2) is 64.5 Å². The third-order valence-electron chi connectivity index (χ3n) is 7.31. The summed E-state index contributed by atoms with van der Waals surface area (Å²) in [6.07, 6.45) is 0.561. The van der Waals surface area contributed by atoms with E-state index in [0.717, 1.165) is 16.8 Å². The number of piperazine rings is 1. The summed E-state index contributed by atoms with van der Waals surface area (Å²) in [4.78, 5) is 36.7. The molecule has 3 aromatic rings. The summed E-state index contributed by atoms with van der Waals surface area (Å²) in [6.45, 7) is 9.26. The van der Waals surface area contributed by atoms with Crippen molar-refractivity contribution in [1.29, 1.82) is 0 Å². The highest BCUT2D eigenvalue weighted by atomic mass is 16.5. The minimum absolute atomic E-state index is 0.0504. The van der Waals surface area contributed by atoms with Crippen molar-refractivity contribution >= 4 is 17.5 Å². The van der Waals surface area contributed by atoms with Gasteiger partial charge in [0.25, 0.3) is 0 Å². The van der Waals surface area contributed by atoms with E-state index in [1.807, 2.05) is 67.3 Å². The van der Waals surface area contributed by atoms with Crippen LogP contribution in [0.3, 0.4) is 0 Å². The van der Waals surface area contributed by atoms with Crippen molar-refractivity contribution < 1.29 is 14.1 Å². The van der Waals surface area contributed by atoms with Crippen LogP contribution in [0.25, 0.3) is 11.4 Å². The van der Waals surface area contributed by atoms with Gasteiger partial charge in [-0.25, -0.2) is 0 Å². The number of aromatic nitrogens is 2. The summed E-state index contributed by atoms with van der Waals surface area (Å²) < 4.78 is 5.54. The lowest BCUT2D eigenvalue weighted by molar-refractivity contribution is -0.141. The highest BCUT2D eigenvalue weighted by Gasteiger charge is 2.40. The molecule has 8 nitrogen and oxygen atoms in total. The molecule has 2 saturated heterocycles. The second-order valence-electron chi connectivity index (χ2n) is 9.46. The number of amides is 2. The van der Waals surface area contributed by atoms with Crippen LogP contribution in [0.2, 0.25) is 0 Å². The summed E-state index contributed by atoms with van der Waals surface area (Å²) in [5, 5.41) is 4.13. The number of carbonyl (C=O) groups is 2. The van der Waals surface area contributed by atoms with Crippen LogP contribution < -0.4 is 4.90 Å². The summed E-state index contributed by atoms with van der Waals surface area (Å²) in [5.74, 6) is 0.407. The van der Waals surface area contributed by atoms with Gasteiger partial charge in [0, 0.05) is 44.0 Å². The minimum atomic E-state index is -0.593. The second-order valence-corrected chi connectivity index (χ2v) is 9.46. The molecule has 2 aliphatic heterocycles. The van der Waals surface area contributed by atoms with Crippen molar-refractivity contribution in [3.8, 4) is 11.4 Å². The largest absolute Gasteiger partial charge is 0.339 e. The third-order valence-corrected chi connectivity index (χ3v) is 7.31. The molecule has 2 aromatic carbocycles. The van der Waals surface area contributed by atoms with Crippen molar-refractivity contribution in [3.05, 3.63) is 65.5 Å². The first-order valence-electron chi connectivity index (χ1n) is 12.2. The van der Waals surface area contributed by atoms with Gasteiger partial charge in [0.1, 0.15) is 5.92 Å². The maximum Gasteiger partial charge on any atom is 0.244 e. The molecule has 35 heavy (non-hydrogen) atoms. The zero-order valence-corrected chi connectivity index (χ0v) is 20.5. The fourth-order valence-electron chi connectivity index (χ4n) is 4.87. The van der Waals surface area contributed by atoms with Gasteiger partial charge >= 0.3 is 0 Å². The lowest BCUT2D eigenvalue weighted by Crippen LogP contribution is -2.51. The molecule has 2 amide bonds. The zero-order valence-electron chi connectivity index (χ0n) is 20.5. The van der Waals surface area contributed by atoms with Gasteiger partial charge in [-0.2, -0.15) is 4.98 Å². The van der Waals surface area contributed by atoms with Crippen molar-refractivity contribution in [3.63, 3.8) is 0 Å². The molecule has 0 bridgehead atoms. The number of hydrogen-bond acceptors (Lipinski definition) is 6. The fraction of sp³-hybridized carbons (Fsp3) is 0.407. The molecule has 2 fully saturated rings. The first kappa shape index (κ1) is 23.2. The Hall–Kier alpha value is -3.52. The molecule has 2 atom stereocenters. The van der Waals surface area contributed by atoms with E-state index in [1.165, 1.54) is 5.56 Å². The average molecular weight is 474 g/mol. The van der Waals surface area contributed by atoms with E-state index in [2.05, 4.69) is 22.0 Å². The number of carbonyl (C=O) groups excluding carboxylic acids is 2. The number of nitrogens with zero attached hydrogens (tertiary/aromatic N) is 5. The highest BCUT2D eigenvalue weighted by molar-refractivity contribution is 6.09. The van der Waals surface area contributed by atoms with Crippen LogP contribution in [0.4, 0.5) is 5.69 Å². The molecule has 2 aliphatic rings. The third kappa shape index (κ3) is 4.58. The smallest absolute Gasteiger partial charge is 0.244 e. The van der Waals surface area contributed by atoms with Crippen LogP contribution in [0.15, 0.2) is 53.1 Å². The molecule has 5 rings (SSSR count). The maximum atomic E-state index is 13.2. The Labute approximate surface area is 205 Å². The van der Waals surface area contributed by atoms with E-state index in [9.17, 15) is 9.59 Å². The number of rotatable bonds is 5. The number of anilines is 1. The number of benzene rings is 2. The van der Waals surface area contributed by atoms with E-state index in [0.29, 0.717) is 50.9 Å². The average Bonchev–Trinajstić information content (AvgIpc) is 3.53. The normalized spacial score (nSPS) is 19.9. The lowest BCUT2D eigenvalue weighted by atomic mass is 10.1. The maximum absolute atomic E-state index is 13.2. The summed E-state index contributed by atoms with van der Waals surface area (Å²) >= 11 is 0. The topological polar surface area (TPSA) is 82.8 Å². The molecule has 3 heterocycles. The predicted molar refractivity (Wildman–Crippen MR) is 133 cm³/mol. The van der Waals surface area contributed by atoms with Crippen LogP contribution >= 0.6 is 0 Å². The SMILES string of the molecule is Cc1ccc(N2CCC(C(=O)N3CCN(C(C)c4nc(-c5ccccc5)no4)CC3)C2=O)cc1C. The van der Waals surface area contributed by atoms with Crippen molar-refractivity contribution in [2.75, 3.05) is 37.6 Å². The highest BCUT2D eigenvalue weighted by Crippen LogP contribution is 2.29. The molecule has 1 aromatic heterocycles. The monoisotopic (exact) mass is 473 g/mol. The van der Waals surface area contributed by atoms with Crippen LogP contribution in [-0.2, 0) is 9.59 Å². The lowest BCUT2D eigenvalue weighted by Gasteiger charge is -2.37. The van der Waals surface area contributed by atoms with E-state index in [4.69, 9.17) is 4.52 Å². The molecule has 0 radical (unpaired) electrons. The van der Waals surface area contributed by atoms with E-state index < -0.39 is 5.92 Å². The minimum Gasteiger partial charge on any atom is -0.339 e. The molecule has 8 heteroatoms. The van der Waals surface area contributed by atoms with Gasteiger partial charge in [-0.1, -0.05) is 41.6 Å². The number of aryl methyl sites for hydroxylation is 2. The fourth-order valence-corrected chi connectivity index (χ4v) is 4.87. The summed E-state index contributed by atoms with van der Waals surface area (Å²) in [5.41, 5.74) is 4.13. The van der Waals surface area contributed by atoms with Crippen LogP contribution in [0.1, 0.15) is 36.4 Å². The summed E-state index contributed by atoms with van der Waals surface area (Å²) in [7, 11) is 0. The Bertz CT molecular complexity index is 1220. The van der Waals surface area contributed by atoms with Crippen LogP contribution in [0.5, 0.6) is 0 Å². The summed E-state index contributed by atoms with van der Waals surface area (Å²) in [6, 6.07) is 15.7. The molecule has 182 valence electrons. The van der Waals surface area contributed by atoms with E-state index in [1.54, 1.807) is 4.90 Å². The molecule has 0 N–H and O–H groups in total. The van der Waals surface area contributed by atoms with Gasteiger partial charge in [0.05, 0.1) is 6.04 Å². The Morgan fingerprint density at radius 3 is 2.46 bits per heavy atom. The predicted octanol–water partition coefficient (Wildman–Crippen LogP) is 3.61. The molecule has 0 saturated carbocycles. The van der Waals surface area contributed by atoms with Crippen molar-refractivity contribution in [2.24, 2.45) is 5.92 Å². The van der Waals surface area contributed by atoms with Gasteiger partial charge in [0.15, 0.2) is 0 Å². The van der Waals surface area contributed by atoms with Gasteiger partial charge in [-0.05, 0) is 50.5 Å².